The van der Waals surface area contributed by atoms with Crippen LogP contribution in [0.1, 0.15) is 11.3 Å². The van der Waals surface area contributed by atoms with Crippen molar-refractivity contribution in [3.8, 4) is 45.0 Å². The molecule has 1 aliphatic carbocycles. The van der Waals surface area contributed by atoms with E-state index in [0.717, 1.165) is 34.4 Å². The lowest BCUT2D eigenvalue weighted by Gasteiger charge is -2.11. The van der Waals surface area contributed by atoms with Gasteiger partial charge in [-0.1, -0.05) is 121 Å². The van der Waals surface area contributed by atoms with Crippen molar-refractivity contribution in [2.45, 2.75) is 6.42 Å². The first-order valence-corrected chi connectivity index (χ1v) is 17.5. The van der Waals surface area contributed by atoms with Crippen LogP contribution < -0.4 is 0 Å². The molecule has 1 aliphatic rings. The number of para-hydroxylation sites is 2. The number of hydrogen-bond acceptors (Lipinski definition) is 2. The van der Waals surface area contributed by atoms with Gasteiger partial charge in [-0.15, -0.1) is 0 Å². The summed E-state index contributed by atoms with van der Waals surface area (Å²) in [6, 6.07) is 59.1. The highest BCUT2D eigenvalue weighted by Crippen LogP contribution is 2.39. The molecule has 0 saturated heterocycles. The average molecular weight is 651 g/mol. The minimum Gasteiger partial charge on any atom is -0.309 e. The number of aromatic nitrogens is 4. The summed E-state index contributed by atoms with van der Waals surface area (Å²) in [6.45, 7) is 0. The summed E-state index contributed by atoms with van der Waals surface area (Å²) in [4.78, 5) is 10.1. The molecule has 10 aromatic rings. The minimum atomic E-state index is 0.713. The van der Waals surface area contributed by atoms with Gasteiger partial charge in [0.15, 0.2) is 0 Å². The van der Waals surface area contributed by atoms with Crippen molar-refractivity contribution >= 4 is 43.6 Å². The molecule has 0 fully saturated rings. The van der Waals surface area contributed by atoms with E-state index in [4.69, 9.17) is 9.97 Å². The molecular formula is C47H30N4. The van der Waals surface area contributed by atoms with E-state index in [1.165, 1.54) is 66.0 Å². The van der Waals surface area contributed by atoms with Gasteiger partial charge in [-0.3, -0.25) is 4.57 Å². The van der Waals surface area contributed by atoms with Crippen LogP contribution in [0.15, 0.2) is 170 Å². The number of hydrogen-bond donors (Lipinski definition) is 0. The van der Waals surface area contributed by atoms with Gasteiger partial charge in [0.05, 0.1) is 27.8 Å². The largest absolute Gasteiger partial charge is 0.309 e. The Morgan fingerprint density at radius 3 is 1.86 bits per heavy atom. The second-order valence-corrected chi connectivity index (χ2v) is 13.4. The summed E-state index contributed by atoms with van der Waals surface area (Å²) >= 11 is 0. The fourth-order valence-electron chi connectivity index (χ4n) is 8.22. The van der Waals surface area contributed by atoms with Crippen molar-refractivity contribution in [2.75, 3.05) is 0 Å². The third-order valence-electron chi connectivity index (χ3n) is 10.6. The Hall–Kier alpha value is -6.78. The molecule has 0 N–H and O–H groups in total. The molecule has 238 valence electrons. The molecule has 0 amide bonds. The number of rotatable bonds is 4. The number of benzene rings is 7. The molecule has 7 aromatic carbocycles. The quantitative estimate of drug-likeness (QED) is 0.190. The Morgan fingerprint density at radius 2 is 1.02 bits per heavy atom. The van der Waals surface area contributed by atoms with Gasteiger partial charge < -0.3 is 4.57 Å². The standard InChI is InChI=1S/C47H30N4/c1-2-10-30(11-3-1)31-18-22-35(23-19-31)50-43-16-8-6-14-37(43)39-24-20-33(28-46(39)50)32-21-25-45-40(26-32)38-15-7-9-17-44(38)51(45)47-48-29-41-36-13-5-4-12-34(36)27-42(41)49-47/h1-26,28-29H,27H2. The molecule has 0 spiro atoms. The van der Waals surface area contributed by atoms with Crippen molar-refractivity contribution < 1.29 is 0 Å². The lowest BCUT2D eigenvalue weighted by Crippen LogP contribution is -2.03. The van der Waals surface area contributed by atoms with Crippen molar-refractivity contribution in [3.05, 3.63) is 181 Å². The molecule has 51 heavy (non-hydrogen) atoms. The zero-order valence-corrected chi connectivity index (χ0v) is 27.7. The predicted molar refractivity (Wildman–Crippen MR) is 210 cm³/mol. The van der Waals surface area contributed by atoms with Gasteiger partial charge in [0.25, 0.3) is 0 Å². The Kier molecular flexibility index (Phi) is 5.98. The third-order valence-corrected chi connectivity index (χ3v) is 10.6. The molecule has 4 heteroatoms. The topological polar surface area (TPSA) is 35.6 Å². The lowest BCUT2D eigenvalue weighted by molar-refractivity contribution is 0.955. The average Bonchev–Trinajstić information content (AvgIpc) is 3.85. The van der Waals surface area contributed by atoms with Gasteiger partial charge in [0.1, 0.15) is 0 Å². The summed E-state index contributed by atoms with van der Waals surface area (Å²) in [7, 11) is 0. The SMILES string of the molecule is c1ccc(-c2ccc(-n3c4ccccc4c4ccc(-c5ccc6c(c5)c5ccccc5n6-c5ncc6c(n5)Cc5ccccc5-6)cc43)cc2)cc1. The molecule has 0 unspecified atom stereocenters. The van der Waals surface area contributed by atoms with Crippen LogP contribution in [0.5, 0.6) is 0 Å². The molecule has 3 aromatic heterocycles. The fraction of sp³-hybridized carbons (Fsp3) is 0.0213. The molecule has 0 saturated carbocycles. The maximum atomic E-state index is 5.16. The maximum absolute atomic E-state index is 5.16. The van der Waals surface area contributed by atoms with Gasteiger partial charge in [0, 0.05) is 45.4 Å². The highest BCUT2D eigenvalue weighted by molar-refractivity contribution is 6.12. The second-order valence-electron chi connectivity index (χ2n) is 13.4. The van der Waals surface area contributed by atoms with E-state index in [1.807, 2.05) is 6.20 Å². The molecule has 0 bridgehead atoms. The van der Waals surface area contributed by atoms with Gasteiger partial charge in [-0.25, -0.2) is 9.97 Å². The smallest absolute Gasteiger partial charge is 0.234 e. The number of nitrogens with zero attached hydrogens (tertiary/aromatic N) is 4. The van der Waals surface area contributed by atoms with Crippen LogP contribution in [0.4, 0.5) is 0 Å². The number of fused-ring (bicyclic) bond motifs is 9. The van der Waals surface area contributed by atoms with Gasteiger partial charge in [0.2, 0.25) is 5.95 Å². The highest BCUT2D eigenvalue weighted by atomic mass is 15.2. The summed E-state index contributed by atoms with van der Waals surface area (Å²) in [5.74, 6) is 0.713. The zero-order chi connectivity index (χ0) is 33.5. The Bertz CT molecular complexity index is 2980. The van der Waals surface area contributed by atoms with Gasteiger partial charge in [-0.05, 0) is 75.8 Å². The van der Waals surface area contributed by atoms with E-state index in [9.17, 15) is 0 Å². The van der Waals surface area contributed by atoms with Crippen LogP contribution in [-0.4, -0.2) is 19.1 Å². The van der Waals surface area contributed by atoms with E-state index in [-0.39, 0.29) is 0 Å². The Labute approximate surface area is 294 Å². The molecule has 11 rings (SSSR count). The second kappa shape index (κ2) is 10.9. The van der Waals surface area contributed by atoms with Crippen molar-refractivity contribution in [1.82, 2.24) is 19.1 Å². The minimum absolute atomic E-state index is 0.713. The summed E-state index contributed by atoms with van der Waals surface area (Å²) < 4.78 is 4.62. The van der Waals surface area contributed by atoms with Crippen molar-refractivity contribution in [2.24, 2.45) is 0 Å². The van der Waals surface area contributed by atoms with Crippen LogP contribution >= 0.6 is 0 Å². The summed E-state index contributed by atoms with van der Waals surface area (Å²) in [6.07, 6.45) is 2.83. The molecule has 0 aliphatic heterocycles. The lowest BCUT2D eigenvalue weighted by atomic mass is 10.0. The van der Waals surface area contributed by atoms with Gasteiger partial charge >= 0.3 is 0 Å². The first-order chi connectivity index (χ1) is 25.3. The van der Waals surface area contributed by atoms with Crippen molar-refractivity contribution in [3.63, 3.8) is 0 Å². The van der Waals surface area contributed by atoms with Gasteiger partial charge in [-0.2, -0.15) is 0 Å². The summed E-state index contributed by atoms with van der Waals surface area (Å²) in [5, 5.41) is 4.88. The first-order valence-electron chi connectivity index (χ1n) is 17.5. The van der Waals surface area contributed by atoms with Crippen molar-refractivity contribution in [1.29, 1.82) is 0 Å². The van der Waals surface area contributed by atoms with E-state index in [1.54, 1.807) is 0 Å². The van der Waals surface area contributed by atoms with Crippen LogP contribution in [-0.2, 0) is 6.42 Å². The molecule has 0 atom stereocenters. The van der Waals surface area contributed by atoms with E-state index < -0.39 is 0 Å². The molecular weight excluding hydrogens is 621 g/mol. The fourth-order valence-corrected chi connectivity index (χ4v) is 8.22. The van der Waals surface area contributed by atoms with E-state index in [2.05, 4.69) is 173 Å². The van der Waals surface area contributed by atoms with Crippen LogP contribution in [0.2, 0.25) is 0 Å². The third kappa shape index (κ3) is 4.26. The van der Waals surface area contributed by atoms with Crippen LogP contribution in [0, 0.1) is 0 Å². The molecule has 4 nitrogen and oxygen atoms in total. The Balaban J connectivity index is 1.05. The maximum Gasteiger partial charge on any atom is 0.234 e. The molecule has 0 radical (unpaired) electrons. The highest BCUT2D eigenvalue weighted by Gasteiger charge is 2.22. The first kappa shape index (κ1) is 28.1. The predicted octanol–water partition coefficient (Wildman–Crippen LogP) is 11.6. The Morgan fingerprint density at radius 1 is 0.412 bits per heavy atom. The van der Waals surface area contributed by atoms with E-state index >= 15 is 0 Å². The van der Waals surface area contributed by atoms with E-state index in [0.29, 0.717) is 5.95 Å². The zero-order valence-electron chi connectivity index (χ0n) is 27.7. The molecule has 3 heterocycles. The monoisotopic (exact) mass is 650 g/mol. The van der Waals surface area contributed by atoms with Crippen LogP contribution in [0.25, 0.3) is 88.6 Å². The normalized spacial score (nSPS) is 12.2. The summed E-state index contributed by atoms with van der Waals surface area (Å²) in [5.41, 5.74) is 15.3. The van der Waals surface area contributed by atoms with Crippen LogP contribution in [0.3, 0.4) is 0 Å².